The smallest absolute Gasteiger partial charge is 0.0136 e. The number of likely N-dealkylation sites (N-methyl/N-ethyl adjacent to an activating group) is 1. The summed E-state index contributed by atoms with van der Waals surface area (Å²) in [5.41, 5.74) is 1.48. The maximum atomic E-state index is 3.71. The second-order valence-corrected chi connectivity index (χ2v) is 6.64. The zero-order valence-corrected chi connectivity index (χ0v) is 13.4. The Morgan fingerprint density at radius 1 is 1.17 bits per heavy atom. The van der Waals surface area contributed by atoms with Gasteiger partial charge in [-0.3, -0.25) is 0 Å². The molecule has 100 valence electrons. The Balaban J connectivity index is 1.98. The lowest BCUT2D eigenvalue weighted by atomic mass is 9.81. The molecule has 1 saturated carbocycles. The van der Waals surface area contributed by atoms with Gasteiger partial charge in [-0.15, -0.1) is 0 Å². The molecule has 1 N–H and O–H groups in total. The third kappa shape index (κ3) is 4.23. The Hall–Kier alpha value is -0.0900. The predicted octanol–water partition coefficient (Wildman–Crippen LogP) is 4.39. The highest BCUT2D eigenvalue weighted by molar-refractivity contribution is 14.1. The standard InChI is InChI=1S/C16H24IN/c1-2-18-16(14-6-4-3-5-7-14)12-13-8-10-15(17)11-9-13/h8-11,14,16,18H,2-7,12H2,1H3. The third-order valence-electron chi connectivity index (χ3n) is 4.05. The molecule has 0 amide bonds. The van der Waals surface area contributed by atoms with E-state index >= 15 is 0 Å². The Labute approximate surface area is 125 Å². The summed E-state index contributed by atoms with van der Waals surface area (Å²) in [6.07, 6.45) is 8.33. The van der Waals surface area contributed by atoms with E-state index in [0.717, 1.165) is 12.5 Å². The van der Waals surface area contributed by atoms with Crippen LogP contribution in [0.2, 0.25) is 0 Å². The number of hydrogen-bond donors (Lipinski definition) is 1. The van der Waals surface area contributed by atoms with Gasteiger partial charge in [0.25, 0.3) is 0 Å². The van der Waals surface area contributed by atoms with Crippen molar-refractivity contribution in [1.82, 2.24) is 5.32 Å². The first-order chi connectivity index (χ1) is 8.79. The Morgan fingerprint density at radius 2 is 1.83 bits per heavy atom. The predicted molar refractivity (Wildman–Crippen MR) is 86.9 cm³/mol. The van der Waals surface area contributed by atoms with Crippen LogP contribution in [0.5, 0.6) is 0 Å². The molecule has 1 nitrogen and oxygen atoms in total. The van der Waals surface area contributed by atoms with E-state index in [4.69, 9.17) is 0 Å². The Kier molecular flexibility index (Phi) is 5.96. The van der Waals surface area contributed by atoms with Crippen molar-refractivity contribution >= 4 is 22.6 Å². The Morgan fingerprint density at radius 3 is 2.44 bits per heavy atom. The van der Waals surface area contributed by atoms with Crippen LogP contribution in [0.3, 0.4) is 0 Å². The van der Waals surface area contributed by atoms with Crippen molar-refractivity contribution in [2.24, 2.45) is 5.92 Å². The molecule has 0 spiro atoms. The largest absolute Gasteiger partial charge is 0.314 e. The van der Waals surface area contributed by atoms with Crippen LogP contribution in [-0.2, 0) is 6.42 Å². The van der Waals surface area contributed by atoms with Gasteiger partial charge in [-0.05, 0) is 72.0 Å². The van der Waals surface area contributed by atoms with Crippen molar-refractivity contribution < 1.29 is 0 Å². The Bertz CT molecular complexity index is 341. The van der Waals surface area contributed by atoms with E-state index < -0.39 is 0 Å². The van der Waals surface area contributed by atoms with Crippen LogP contribution < -0.4 is 5.32 Å². The highest BCUT2D eigenvalue weighted by Crippen LogP contribution is 2.28. The quantitative estimate of drug-likeness (QED) is 0.771. The average molecular weight is 357 g/mol. The molecule has 0 bridgehead atoms. The van der Waals surface area contributed by atoms with Crippen molar-refractivity contribution in [2.75, 3.05) is 6.54 Å². The molecule has 0 saturated heterocycles. The van der Waals surface area contributed by atoms with Crippen molar-refractivity contribution in [2.45, 2.75) is 51.5 Å². The first kappa shape index (κ1) is 14.3. The number of benzene rings is 1. The highest BCUT2D eigenvalue weighted by atomic mass is 127. The maximum Gasteiger partial charge on any atom is 0.0136 e. The molecular weight excluding hydrogens is 333 g/mol. The number of nitrogens with one attached hydrogen (secondary N) is 1. The molecule has 2 heteroatoms. The second-order valence-electron chi connectivity index (χ2n) is 5.39. The zero-order chi connectivity index (χ0) is 12.8. The van der Waals surface area contributed by atoms with E-state index in [9.17, 15) is 0 Å². The number of halogens is 1. The summed E-state index contributed by atoms with van der Waals surface area (Å²) in [5.74, 6) is 0.887. The number of rotatable bonds is 5. The van der Waals surface area contributed by atoms with Crippen molar-refractivity contribution in [1.29, 1.82) is 0 Å². The van der Waals surface area contributed by atoms with Gasteiger partial charge < -0.3 is 5.32 Å². The molecule has 1 unspecified atom stereocenters. The summed E-state index contributed by atoms with van der Waals surface area (Å²) in [4.78, 5) is 0. The molecule has 2 rings (SSSR count). The minimum atomic E-state index is 0.676. The summed E-state index contributed by atoms with van der Waals surface area (Å²) in [7, 11) is 0. The van der Waals surface area contributed by atoms with Crippen LogP contribution >= 0.6 is 22.6 Å². The fourth-order valence-corrected chi connectivity index (χ4v) is 3.44. The van der Waals surface area contributed by atoms with E-state index in [-0.39, 0.29) is 0 Å². The SMILES string of the molecule is CCNC(Cc1ccc(I)cc1)C1CCCCC1. The second kappa shape index (κ2) is 7.49. The lowest BCUT2D eigenvalue weighted by Crippen LogP contribution is -2.38. The van der Waals surface area contributed by atoms with Gasteiger partial charge in [0.15, 0.2) is 0 Å². The van der Waals surface area contributed by atoms with Crippen molar-refractivity contribution in [3.05, 3.63) is 33.4 Å². The van der Waals surface area contributed by atoms with Gasteiger partial charge in [0.2, 0.25) is 0 Å². The van der Waals surface area contributed by atoms with Gasteiger partial charge in [-0.1, -0.05) is 38.3 Å². The molecule has 1 fully saturated rings. The molecule has 1 aliphatic carbocycles. The molecule has 0 aromatic heterocycles. The van der Waals surface area contributed by atoms with Crippen LogP contribution in [-0.4, -0.2) is 12.6 Å². The van der Waals surface area contributed by atoms with E-state index in [1.807, 2.05) is 0 Å². The molecule has 18 heavy (non-hydrogen) atoms. The molecule has 1 atom stereocenters. The summed E-state index contributed by atoms with van der Waals surface area (Å²) < 4.78 is 1.33. The molecule has 1 aromatic rings. The average Bonchev–Trinajstić information content (AvgIpc) is 2.42. The zero-order valence-electron chi connectivity index (χ0n) is 11.3. The van der Waals surface area contributed by atoms with Gasteiger partial charge in [0.05, 0.1) is 0 Å². The monoisotopic (exact) mass is 357 g/mol. The molecule has 1 aliphatic rings. The summed E-state index contributed by atoms with van der Waals surface area (Å²) >= 11 is 2.37. The van der Waals surface area contributed by atoms with E-state index in [1.165, 1.54) is 47.7 Å². The van der Waals surface area contributed by atoms with Crippen LogP contribution in [0.25, 0.3) is 0 Å². The molecule has 0 heterocycles. The molecular formula is C16H24IN. The summed E-state index contributed by atoms with van der Waals surface area (Å²) in [6, 6.07) is 9.69. The van der Waals surface area contributed by atoms with Gasteiger partial charge in [-0.2, -0.15) is 0 Å². The minimum absolute atomic E-state index is 0.676. The van der Waals surface area contributed by atoms with Crippen molar-refractivity contribution in [3.8, 4) is 0 Å². The van der Waals surface area contributed by atoms with Crippen LogP contribution in [0.4, 0.5) is 0 Å². The lowest BCUT2D eigenvalue weighted by molar-refractivity contribution is 0.269. The first-order valence-corrected chi connectivity index (χ1v) is 8.35. The maximum absolute atomic E-state index is 3.71. The van der Waals surface area contributed by atoms with Crippen LogP contribution in [0.1, 0.15) is 44.6 Å². The topological polar surface area (TPSA) is 12.0 Å². The third-order valence-corrected chi connectivity index (χ3v) is 4.77. The first-order valence-electron chi connectivity index (χ1n) is 7.27. The molecule has 0 radical (unpaired) electrons. The van der Waals surface area contributed by atoms with Gasteiger partial charge in [-0.25, -0.2) is 0 Å². The van der Waals surface area contributed by atoms with Gasteiger partial charge >= 0.3 is 0 Å². The summed E-state index contributed by atoms with van der Waals surface area (Å²) in [6.45, 7) is 3.31. The normalized spacial score (nSPS) is 18.8. The number of hydrogen-bond acceptors (Lipinski definition) is 1. The van der Waals surface area contributed by atoms with Gasteiger partial charge in [0.1, 0.15) is 0 Å². The highest BCUT2D eigenvalue weighted by Gasteiger charge is 2.22. The molecule has 0 aliphatic heterocycles. The molecule has 1 aromatic carbocycles. The minimum Gasteiger partial charge on any atom is -0.314 e. The van der Waals surface area contributed by atoms with Crippen LogP contribution in [0.15, 0.2) is 24.3 Å². The van der Waals surface area contributed by atoms with E-state index in [1.54, 1.807) is 0 Å². The van der Waals surface area contributed by atoms with E-state index in [2.05, 4.69) is 59.1 Å². The van der Waals surface area contributed by atoms with Crippen LogP contribution in [0, 0.1) is 9.49 Å². The van der Waals surface area contributed by atoms with Crippen molar-refractivity contribution in [3.63, 3.8) is 0 Å². The van der Waals surface area contributed by atoms with E-state index in [0.29, 0.717) is 6.04 Å². The fraction of sp³-hybridized carbons (Fsp3) is 0.625. The lowest BCUT2D eigenvalue weighted by Gasteiger charge is -2.31. The van der Waals surface area contributed by atoms with Gasteiger partial charge in [0, 0.05) is 9.61 Å². The fourth-order valence-electron chi connectivity index (χ4n) is 3.08. The summed E-state index contributed by atoms with van der Waals surface area (Å²) in [5, 5.41) is 3.71.